The molecule has 4 rings (SSSR count). The highest BCUT2D eigenvalue weighted by Gasteiger charge is 2.20. The summed E-state index contributed by atoms with van der Waals surface area (Å²) >= 11 is 0. The van der Waals surface area contributed by atoms with Crippen LogP contribution in [0.4, 0.5) is 5.69 Å². The van der Waals surface area contributed by atoms with Crippen molar-refractivity contribution in [2.75, 3.05) is 12.4 Å². The summed E-state index contributed by atoms with van der Waals surface area (Å²) in [7, 11) is 1.53. The molecule has 7 heteroatoms. The lowest BCUT2D eigenvalue weighted by atomic mass is 10.2. The van der Waals surface area contributed by atoms with E-state index in [2.05, 4.69) is 21.9 Å². The van der Waals surface area contributed by atoms with E-state index in [0.29, 0.717) is 33.8 Å². The number of para-hydroxylation sites is 2. The summed E-state index contributed by atoms with van der Waals surface area (Å²) in [5, 5.41) is 11.7. The zero-order valence-electron chi connectivity index (χ0n) is 17.2. The molecule has 4 aromatic rings. The maximum atomic E-state index is 13.1. The fraction of sp³-hybridized carbons (Fsp3) is 0.0400. The topological polar surface area (TPSA) is 97.1 Å². The van der Waals surface area contributed by atoms with E-state index in [1.54, 1.807) is 54.6 Å². The molecule has 1 heterocycles. The zero-order chi connectivity index (χ0) is 22.5. The third-order valence-electron chi connectivity index (χ3n) is 4.66. The van der Waals surface area contributed by atoms with Crippen molar-refractivity contribution in [3.63, 3.8) is 0 Å². The number of hydrogen-bond acceptors (Lipinski definition) is 6. The first-order chi connectivity index (χ1) is 15.6. The quantitative estimate of drug-likeness (QED) is 0.459. The van der Waals surface area contributed by atoms with E-state index in [1.165, 1.54) is 7.11 Å². The third-order valence-corrected chi connectivity index (χ3v) is 4.66. The fourth-order valence-electron chi connectivity index (χ4n) is 3.02. The van der Waals surface area contributed by atoms with Crippen molar-refractivity contribution in [3.05, 3.63) is 90.1 Å². The Balaban J connectivity index is 1.74. The highest BCUT2D eigenvalue weighted by atomic mass is 16.5. The molecule has 7 nitrogen and oxygen atoms in total. The van der Waals surface area contributed by atoms with E-state index in [0.717, 1.165) is 5.56 Å². The lowest BCUT2D eigenvalue weighted by Gasteiger charge is -2.14. The first-order valence-corrected chi connectivity index (χ1v) is 9.68. The van der Waals surface area contributed by atoms with Gasteiger partial charge >= 0.3 is 0 Å². The van der Waals surface area contributed by atoms with Crippen LogP contribution in [0.5, 0.6) is 17.4 Å². The smallest absolute Gasteiger partial charge is 0.279 e. The van der Waals surface area contributed by atoms with Crippen LogP contribution in [0.25, 0.3) is 17.1 Å². The predicted molar refractivity (Wildman–Crippen MR) is 122 cm³/mol. The Morgan fingerprint density at radius 3 is 2.41 bits per heavy atom. The van der Waals surface area contributed by atoms with Gasteiger partial charge in [0.05, 0.1) is 29.8 Å². The molecule has 0 saturated carbocycles. The molecule has 32 heavy (non-hydrogen) atoms. The first kappa shape index (κ1) is 20.6. The number of rotatable bonds is 6. The van der Waals surface area contributed by atoms with Gasteiger partial charge in [-0.15, -0.1) is 0 Å². The Morgan fingerprint density at radius 2 is 1.75 bits per heavy atom. The zero-order valence-corrected chi connectivity index (χ0v) is 17.2. The number of benzene rings is 3. The summed E-state index contributed by atoms with van der Waals surface area (Å²) < 4.78 is 11.4. The van der Waals surface area contributed by atoms with Crippen molar-refractivity contribution < 1.29 is 14.3 Å². The lowest BCUT2D eigenvalue weighted by Crippen LogP contribution is -2.16. The minimum atomic E-state index is -0.496. The number of nitrogens with one attached hydrogen (secondary N) is 1. The number of carbonyl (C=O) groups excluding carboxylic acids is 1. The standard InChI is InChI=1S/C25H18N4O3/c1-3-16-10-13-21(22(14-16)31-2)32-25-23(28-19-6-4-5-7-20(19)29-25)24(30)27-18-11-8-17(15-26)9-12-18/h3-14H,1H2,2H3,(H,27,30). The van der Waals surface area contributed by atoms with Crippen molar-refractivity contribution in [2.24, 2.45) is 0 Å². The van der Waals surface area contributed by atoms with Gasteiger partial charge in [0.1, 0.15) is 0 Å². The van der Waals surface area contributed by atoms with E-state index in [1.807, 2.05) is 24.3 Å². The second kappa shape index (κ2) is 8.98. The van der Waals surface area contributed by atoms with Gasteiger partial charge in [0.2, 0.25) is 0 Å². The van der Waals surface area contributed by atoms with Crippen molar-refractivity contribution in [1.82, 2.24) is 9.97 Å². The molecule has 0 unspecified atom stereocenters. The summed E-state index contributed by atoms with van der Waals surface area (Å²) in [6, 6.07) is 21.1. The van der Waals surface area contributed by atoms with Gasteiger partial charge < -0.3 is 14.8 Å². The van der Waals surface area contributed by atoms with Crippen molar-refractivity contribution >= 4 is 28.7 Å². The number of carbonyl (C=O) groups is 1. The molecule has 1 N–H and O–H groups in total. The van der Waals surface area contributed by atoms with E-state index in [4.69, 9.17) is 14.7 Å². The monoisotopic (exact) mass is 422 g/mol. The number of fused-ring (bicyclic) bond motifs is 1. The largest absolute Gasteiger partial charge is 0.493 e. The van der Waals surface area contributed by atoms with Crippen LogP contribution in [-0.2, 0) is 0 Å². The number of nitrogens with zero attached hydrogens (tertiary/aromatic N) is 3. The molecule has 0 fully saturated rings. The Kier molecular flexibility index (Phi) is 5.77. The van der Waals surface area contributed by atoms with Gasteiger partial charge in [-0.05, 0) is 54.1 Å². The van der Waals surface area contributed by atoms with Crippen LogP contribution in [0.3, 0.4) is 0 Å². The predicted octanol–water partition coefficient (Wildman–Crippen LogP) is 5.20. The minimum Gasteiger partial charge on any atom is -0.493 e. The van der Waals surface area contributed by atoms with Gasteiger partial charge in [0, 0.05) is 5.69 Å². The molecule has 1 amide bonds. The van der Waals surface area contributed by atoms with Crippen LogP contribution >= 0.6 is 0 Å². The Labute approximate surface area is 184 Å². The molecule has 0 atom stereocenters. The number of amides is 1. The molecular formula is C25H18N4O3. The highest BCUT2D eigenvalue weighted by molar-refractivity contribution is 6.05. The highest BCUT2D eigenvalue weighted by Crippen LogP contribution is 2.34. The van der Waals surface area contributed by atoms with Crippen LogP contribution in [0.2, 0.25) is 0 Å². The van der Waals surface area contributed by atoms with Crippen LogP contribution in [0.1, 0.15) is 21.6 Å². The molecular weight excluding hydrogens is 404 g/mol. The van der Waals surface area contributed by atoms with Crippen molar-refractivity contribution in [1.29, 1.82) is 5.26 Å². The van der Waals surface area contributed by atoms with Crippen molar-refractivity contribution in [2.45, 2.75) is 0 Å². The summed E-state index contributed by atoms with van der Waals surface area (Å²) in [4.78, 5) is 22.1. The number of ether oxygens (including phenoxy) is 2. The van der Waals surface area contributed by atoms with Gasteiger partial charge in [-0.3, -0.25) is 4.79 Å². The average Bonchev–Trinajstić information content (AvgIpc) is 2.84. The van der Waals surface area contributed by atoms with Gasteiger partial charge in [-0.2, -0.15) is 5.26 Å². The third kappa shape index (κ3) is 4.25. The average molecular weight is 422 g/mol. The van der Waals surface area contributed by atoms with E-state index < -0.39 is 5.91 Å². The molecule has 0 spiro atoms. The van der Waals surface area contributed by atoms with Crippen LogP contribution < -0.4 is 14.8 Å². The molecule has 0 aliphatic heterocycles. The number of aromatic nitrogens is 2. The van der Waals surface area contributed by atoms with Crippen molar-refractivity contribution in [3.8, 4) is 23.4 Å². The molecule has 156 valence electrons. The SMILES string of the molecule is C=Cc1ccc(Oc2nc3ccccc3nc2C(=O)Nc2ccc(C#N)cc2)c(OC)c1. The molecule has 0 aliphatic carbocycles. The fourth-order valence-corrected chi connectivity index (χ4v) is 3.02. The number of hydrogen-bond donors (Lipinski definition) is 1. The van der Waals surface area contributed by atoms with Crippen LogP contribution in [0.15, 0.2) is 73.3 Å². The molecule has 0 aliphatic rings. The summed E-state index contributed by atoms with van der Waals surface area (Å²) in [5.74, 6) is 0.398. The van der Waals surface area contributed by atoms with Gasteiger partial charge in [0.15, 0.2) is 17.2 Å². The second-order valence-electron chi connectivity index (χ2n) is 6.73. The summed E-state index contributed by atoms with van der Waals surface area (Å²) in [6.45, 7) is 3.75. The normalized spacial score (nSPS) is 10.2. The molecule has 0 saturated heterocycles. The Bertz CT molecular complexity index is 1360. The van der Waals surface area contributed by atoms with E-state index in [-0.39, 0.29) is 11.6 Å². The van der Waals surface area contributed by atoms with Gasteiger partial charge in [-0.25, -0.2) is 9.97 Å². The van der Waals surface area contributed by atoms with Crippen LogP contribution in [-0.4, -0.2) is 23.0 Å². The molecule has 3 aromatic carbocycles. The Hall–Kier alpha value is -4.70. The lowest BCUT2D eigenvalue weighted by molar-refractivity contribution is 0.101. The summed E-state index contributed by atoms with van der Waals surface area (Å²) in [6.07, 6.45) is 1.69. The number of methoxy groups -OCH3 is 1. The maximum absolute atomic E-state index is 13.1. The first-order valence-electron chi connectivity index (χ1n) is 9.68. The molecule has 0 radical (unpaired) electrons. The van der Waals surface area contributed by atoms with Crippen LogP contribution in [0, 0.1) is 11.3 Å². The van der Waals surface area contributed by atoms with E-state index in [9.17, 15) is 4.79 Å². The maximum Gasteiger partial charge on any atom is 0.279 e. The summed E-state index contributed by atoms with van der Waals surface area (Å²) in [5.41, 5.74) is 3.02. The molecule has 0 bridgehead atoms. The van der Waals surface area contributed by atoms with Gasteiger partial charge in [0.25, 0.3) is 11.8 Å². The second-order valence-corrected chi connectivity index (χ2v) is 6.73. The number of nitriles is 1. The van der Waals surface area contributed by atoms with E-state index >= 15 is 0 Å². The van der Waals surface area contributed by atoms with Gasteiger partial charge in [-0.1, -0.05) is 30.9 Å². The Morgan fingerprint density at radius 1 is 1.03 bits per heavy atom. The molecule has 1 aromatic heterocycles. The number of anilines is 1. The minimum absolute atomic E-state index is 0.0166.